The number of sulfone groups is 1. The van der Waals surface area contributed by atoms with E-state index in [1.165, 1.54) is 6.07 Å². The molecule has 8 heteroatoms. The minimum atomic E-state index is -4.49. The van der Waals surface area contributed by atoms with E-state index in [1.54, 1.807) is 12.1 Å². The molecule has 2 aromatic carbocycles. The van der Waals surface area contributed by atoms with Crippen molar-refractivity contribution in [2.45, 2.75) is 31.1 Å². The Hall–Kier alpha value is -2.24. The summed E-state index contributed by atoms with van der Waals surface area (Å²) < 4.78 is 52.5. The molecule has 0 aromatic heterocycles. The first kappa shape index (κ1) is 21.1. The summed E-state index contributed by atoms with van der Waals surface area (Å²) in [7, 11) is -4.49. The lowest BCUT2D eigenvalue weighted by molar-refractivity contribution is 0.443. The Bertz CT molecular complexity index is 1080. The van der Waals surface area contributed by atoms with Gasteiger partial charge >= 0.3 is 0 Å². The number of benzene rings is 2. The zero-order valence-corrected chi connectivity index (χ0v) is 17.1. The number of phenolic OH excluding ortho intramolecular Hbond substituents is 1. The number of phenols is 1. The first-order chi connectivity index (χ1) is 12.4. The van der Waals surface area contributed by atoms with Gasteiger partial charge in [-0.05, 0) is 57.2 Å². The summed E-state index contributed by atoms with van der Waals surface area (Å²) in [5, 5.41) is 19.5. The fourth-order valence-electron chi connectivity index (χ4n) is 2.41. The second kappa shape index (κ2) is 7.41. The largest absolute Gasteiger partial charge is 0.506 e. The minimum absolute atomic E-state index is 0.00518. The lowest BCUT2D eigenvalue weighted by atomic mass is 9.85. The molecule has 27 heavy (non-hydrogen) atoms. The highest BCUT2D eigenvalue weighted by Crippen LogP contribution is 2.38. The molecule has 4 nitrogen and oxygen atoms in total. The molecule has 2 aromatic rings. The monoisotopic (exact) mass is 455 g/mol. The summed E-state index contributed by atoms with van der Waals surface area (Å²) in [5.41, 5.74) is 0.406. The van der Waals surface area contributed by atoms with Gasteiger partial charge in [-0.1, -0.05) is 20.8 Å². The van der Waals surface area contributed by atoms with Gasteiger partial charge in [-0.3, -0.25) is 0 Å². The topological polar surface area (TPSA) is 78.2 Å². The molecule has 0 aliphatic heterocycles. The quantitative estimate of drug-likeness (QED) is 0.517. The van der Waals surface area contributed by atoms with Crippen molar-refractivity contribution in [2.24, 2.45) is 0 Å². The molecule has 0 radical (unpaired) electrons. The smallest absolute Gasteiger partial charge is 0.219 e. The molecule has 0 aliphatic rings. The molecule has 2 rings (SSSR count). The Kier molecular flexibility index (Phi) is 5.78. The number of rotatable bonds is 3. The number of allylic oxidation sites excluding steroid dienone is 1. The molecule has 0 unspecified atom stereocenters. The average molecular weight is 456 g/mol. The lowest BCUT2D eigenvalue weighted by Gasteiger charge is -2.21. The number of halogens is 3. The van der Waals surface area contributed by atoms with Gasteiger partial charge in [0.2, 0.25) is 9.84 Å². The Balaban J connectivity index is 2.66. The van der Waals surface area contributed by atoms with Crippen molar-refractivity contribution >= 4 is 31.8 Å². The van der Waals surface area contributed by atoms with E-state index in [4.69, 9.17) is 0 Å². The first-order valence-corrected chi connectivity index (χ1v) is 10.0. The van der Waals surface area contributed by atoms with Crippen LogP contribution in [-0.2, 0) is 15.3 Å². The molecular formula is C19H16BrF2NO3S. The Morgan fingerprint density at radius 1 is 1.22 bits per heavy atom. The maximum absolute atomic E-state index is 13.9. The van der Waals surface area contributed by atoms with Crippen LogP contribution in [0.15, 0.2) is 44.6 Å². The predicted octanol–water partition coefficient (Wildman–Crippen LogP) is 5.07. The van der Waals surface area contributed by atoms with E-state index in [9.17, 15) is 27.6 Å². The second-order valence-corrected chi connectivity index (χ2v) is 9.59. The number of nitrogens with zero attached hydrogens (tertiary/aromatic N) is 1. The van der Waals surface area contributed by atoms with Crippen LogP contribution in [0.4, 0.5) is 8.78 Å². The van der Waals surface area contributed by atoms with Gasteiger partial charge in [-0.15, -0.1) is 0 Å². The van der Waals surface area contributed by atoms with Gasteiger partial charge in [0.1, 0.15) is 33.3 Å². The van der Waals surface area contributed by atoms with Crippen molar-refractivity contribution < 1.29 is 22.3 Å². The molecule has 0 bridgehead atoms. The van der Waals surface area contributed by atoms with Gasteiger partial charge < -0.3 is 5.11 Å². The molecule has 142 valence electrons. The normalized spacial score (nSPS) is 12.7. The molecule has 0 saturated carbocycles. The molecule has 0 aliphatic carbocycles. The predicted molar refractivity (Wildman–Crippen MR) is 102 cm³/mol. The van der Waals surface area contributed by atoms with Gasteiger partial charge in [0.05, 0.1) is 4.47 Å². The summed E-state index contributed by atoms with van der Waals surface area (Å²) in [4.78, 5) is -1.49. The first-order valence-electron chi connectivity index (χ1n) is 7.73. The van der Waals surface area contributed by atoms with Crippen molar-refractivity contribution in [1.29, 1.82) is 5.26 Å². The van der Waals surface area contributed by atoms with Crippen molar-refractivity contribution in [1.82, 2.24) is 0 Å². The Morgan fingerprint density at radius 2 is 1.85 bits per heavy atom. The number of aromatic hydroxyl groups is 1. The van der Waals surface area contributed by atoms with Gasteiger partial charge in [0.15, 0.2) is 0 Å². The van der Waals surface area contributed by atoms with Crippen molar-refractivity contribution in [3.8, 4) is 11.8 Å². The van der Waals surface area contributed by atoms with E-state index in [-0.39, 0.29) is 5.75 Å². The van der Waals surface area contributed by atoms with Crippen molar-refractivity contribution in [2.75, 3.05) is 0 Å². The summed E-state index contributed by atoms with van der Waals surface area (Å²) in [5.74, 6) is -2.20. The molecule has 0 atom stereocenters. The number of hydrogen-bond acceptors (Lipinski definition) is 4. The van der Waals surface area contributed by atoms with Gasteiger partial charge in [0.25, 0.3) is 0 Å². The third-order valence-electron chi connectivity index (χ3n) is 3.77. The summed E-state index contributed by atoms with van der Waals surface area (Å²) >= 11 is 3.20. The van der Waals surface area contributed by atoms with Crippen LogP contribution in [-0.4, -0.2) is 13.5 Å². The summed E-state index contributed by atoms with van der Waals surface area (Å²) in [6.45, 7) is 5.58. The van der Waals surface area contributed by atoms with Gasteiger partial charge in [-0.2, -0.15) is 5.26 Å². The average Bonchev–Trinajstić information content (AvgIpc) is 2.53. The fraction of sp³-hybridized carbons (Fsp3) is 0.211. The molecule has 0 heterocycles. The van der Waals surface area contributed by atoms with Crippen LogP contribution < -0.4 is 0 Å². The third-order valence-corrected chi connectivity index (χ3v) is 6.08. The minimum Gasteiger partial charge on any atom is -0.506 e. The zero-order valence-electron chi connectivity index (χ0n) is 14.7. The van der Waals surface area contributed by atoms with Crippen LogP contribution in [0, 0.1) is 23.0 Å². The highest BCUT2D eigenvalue weighted by atomic mass is 79.9. The van der Waals surface area contributed by atoms with Gasteiger partial charge in [0, 0.05) is 11.6 Å². The van der Waals surface area contributed by atoms with Crippen LogP contribution in [0.3, 0.4) is 0 Å². The molecule has 1 N–H and O–H groups in total. The molecule has 0 spiro atoms. The Morgan fingerprint density at radius 3 is 2.37 bits per heavy atom. The summed E-state index contributed by atoms with van der Waals surface area (Å²) in [6, 6.07) is 6.57. The number of hydrogen-bond donors (Lipinski definition) is 1. The van der Waals surface area contributed by atoms with E-state index in [0.717, 1.165) is 18.2 Å². The van der Waals surface area contributed by atoms with Crippen LogP contribution in [0.2, 0.25) is 0 Å². The highest BCUT2D eigenvalue weighted by Gasteiger charge is 2.26. The van der Waals surface area contributed by atoms with Crippen LogP contribution in [0.1, 0.15) is 31.9 Å². The van der Waals surface area contributed by atoms with E-state index >= 15 is 0 Å². The standard InChI is InChI=1S/C19H16BrF2NO3S/c1-19(2,3)14-7-11(8-15(20)18(14)24)6-13(10-23)27(25,26)17-5-4-12(21)9-16(17)22/h4-9,24H,1-3H3/b13-6-. The lowest BCUT2D eigenvalue weighted by Crippen LogP contribution is -2.12. The number of nitriles is 1. The van der Waals surface area contributed by atoms with Crippen molar-refractivity contribution in [3.63, 3.8) is 0 Å². The van der Waals surface area contributed by atoms with Gasteiger partial charge in [-0.25, -0.2) is 17.2 Å². The molecule has 0 fully saturated rings. The molecule has 0 amide bonds. The highest BCUT2D eigenvalue weighted by molar-refractivity contribution is 9.10. The third kappa shape index (κ3) is 4.37. The molecule has 0 saturated heterocycles. The van der Waals surface area contributed by atoms with E-state index in [1.807, 2.05) is 20.8 Å². The maximum Gasteiger partial charge on any atom is 0.219 e. The zero-order chi connectivity index (χ0) is 20.6. The summed E-state index contributed by atoms with van der Waals surface area (Å²) in [6.07, 6.45) is 1.08. The van der Waals surface area contributed by atoms with Crippen LogP contribution in [0.5, 0.6) is 5.75 Å². The molecular weight excluding hydrogens is 440 g/mol. The van der Waals surface area contributed by atoms with Crippen molar-refractivity contribution in [3.05, 3.63) is 62.5 Å². The maximum atomic E-state index is 13.9. The second-order valence-electron chi connectivity index (χ2n) is 6.85. The van der Waals surface area contributed by atoms with Crippen LogP contribution in [0.25, 0.3) is 6.08 Å². The van der Waals surface area contributed by atoms with E-state index in [0.29, 0.717) is 21.7 Å². The SMILES string of the molecule is CC(C)(C)c1cc(/C=C(/C#N)S(=O)(=O)c2ccc(F)cc2F)cc(Br)c1O. The van der Waals surface area contributed by atoms with E-state index < -0.39 is 36.7 Å². The Labute approximate surface area is 164 Å². The van der Waals surface area contributed by atoms with E-state index in [2.05, 4.69) is 15.9 Å². The fourth-order valence-corrected chi connectivity index (χ4v) is 4.10. The van der Waals surface area contributed by atoms with Crippen LogP contribution >= 0.6 is 15.9 Å².